The smallest absolute Gasteiger partial charge is 0.330 e. The van der Waals surface area contributed by atoms with Gasteiger partial charge in [0, 0.05) is 17.8 Å². The minimum atomic E-state index is -0.706. The van der Waals surface area contributed by atoms with Gasteiger partial charge in [-0.3, -0.25) is 19.7 Å². The molecule has 213 valence electrons. The molecule has 9 nitrogen and oxygen atoms in total. The van der Waals surface area contributed by atoms with Crippen LogP contribution in [-0.4, -0.2) is 41.2 Å². The van der Waals surface area contributed by atoms with E-state index in [1.54, 1.807) is 4.57 Å². The predicted molar refractivity (Wildman–Crippen MR) is 157 cm³/mol. The summed E-state index contributed by atoms with van der Waals surface area (Å²) in [6.45, 7) is 12.0. The van der Waals surface area contributed by atoms with E-state index in [4.69, 9.17) is 4.98 Å². The number of hydrogen-bond donors (Lipinski definition) is 0. The Bertz CT molecular complexity index is 1620. The van der Waals surface area contributed by atoms with Crippen LogP contribution in [0.15, 0.2) is 65.0 Å². The van der Waals surface area contributed by atoms with Crippen LogP contribution < -0.4 is 40.2 Å². The maximum absolute atomic E-state index is 14.1. The summed E-state index contributed by atoms with van der Waals surface area (Å²) in [5.41, 5.74) is 5.02. The Hall–Kier alpha value is -2.95. The maximum atomic E-state index is 14.1. The number of tetrazole rings is 1. The van der Waals surface area contributed by atoms with Crippen LogP contribution in [0.1, 0.15) is 70.1 Å². The fourth-order valence-electron chi connectivity index (χ4n) is 5.78. The molecule has 2 aromatic carbocycles. The first-order valence-corrected chi connectivity index (χ1v) is 14.2. The van der Waals surface area contributed by atoms with Gasteiger partial charge in [-0.15, -0.1) is 10.3 Å². The van der Waals surface area contributed by atoms with Gasteiger partial charge in [0.2, 0.25) is 0 Å². The third kappa shape index (κ3) is 6.21. The molecule has 1 aliphatic heterocycles. The number of aromatic nitrogens is 6. The van der Waals surface area contributed by atoms with Gasteiger partial charge < -0.3 is 5.10 Å². The molecule has 42 heavy (non-hydrogen) atoms. The first-order valence-electron chi connectivity index (χ1n) is 14.2. The summed E-state index contributed by atoms with van der Waals surface area (Å²) in [4.78, 5) is 19.0. The van der Waals surface area contributed by atoms with E-state index in [2.05, 4.69) is 51.8 Å². The number of benzene rings is 2. The summed E-state index contributed by atoms with van der Waals surface area (Å²) in [6.07, 6.45) is 5.22. The molecule has 4 aromatic rings. The molecule has 0 N–H and O–H groups in total. The van der Waals surface area contributed by atoms with Crippen LogP contribution in [-0.2, 0) is 24.6 Å². The van der Waals surface area contributed by atoms with Gasteiger partial charge in [0.1, 0.15) is 5.82 Å². The molecule has 0 bridgehead atoms. The number of hydroxylamine groups is 2. The molecule has 1 radical (unpaired) electrons. The summed E-state index contributed by atoms with van der Waals surface area (Å²) in [6, 6.07) is 16.1. The molecule has 3 heterocycles. The molecular weight excluding hydrogens is 537 g/mol. The first-order chi connectivity index (χ1) is 19.5. The SMILES string of the molecule is CCCCc1nc(C)n(CC2=CC(C)(C)N([O])C2(C)C)c(=O)c1Cc1ccc(-c2ccccc2-c2nnn[n-]2)cc1.[Na+]. The third-order valence-electron chi connectivity index (χ3n) is 8.11. The summed E-state index contributed by atoms with van der Waals surface area (Å²) < 4.78 is 1.74. The second-order valence-electron chi connectivity index (χ2n) is 11.9. The zero-order valence-electron chi connectivity index (χ0n) is 25.7. The van der Waals surface area contributed by atoms with Gasteiger partial charge in [-0.05, 0) is 75.3 Å². The second kappa shape index (κ2) is 12.7. The molecule has 0 fully saturated rings. The van der Waals surface area contributed by atoms with Crippen molar-refractivity contribution in [3.8, 4) is 22.5 Å². The van der Waals surface area contributed by atoms with Crippen LogP contribution in [0.4, 0.5) is 0 Å². The van der Waals surface area contributed by atoms with Crippen molar-refractivity contribution in [3.63, 3.8) is 0 Å². The Morgan fingerprint density at radius 2 is 1.67 bits per heavy atom. The molecule has 2 aromatic heterocycles. The van der Waals surface area contributed by atoms with Crippen LogP contribution in [0.3, 0.4) is 0 Å². The Balaban J connectivity index is 0.00000405. The van der Waals surface area contributed by atoms with Crippen molar-refractivity contribution >= 4 is 0 Å². The van der Waals surface area contributed by atoms with E-state index in [-0.39, 0.29) is 35.1 Å². The van der Waals surface area contributed by atoms with E-state index in [9.17, 15) is 10.0 Å². The molecule has 0 amide bonds. The molecule has 0 aliphatic carbocycles. The standard InChI is InChI=1S/C32H37N7O2.Na/c1-7-8-13-28-27(30(40)38(21(2)33-28)20-24-19-31(3,4)39(41)32(24,5)6)18-22-14-16-23(17-15-22)25-11-9-10-12-26(25)29-34-36-37-35-29;/h9-12,14-17,19H,7-8,13,18,20H2,1-6H3;/q-1;+1. The minimum absolute atomic E-state index is 0. The molecule has 10 heteroatoms. The van der Waals surface area contributed by atoms with Gasteiger partial charge in [-0.2, -0.15) is 5.21 Å². The zero-order chi connectivity index (χ0) is 29.4. The molecular formula is C32H37N7NaO2. The summed E-state index contributed by atoms with van der Waals surface area (Å²) in [7, 11) is 0. The van der Waals surface area contributed by atoms with E-state index in [0.717, 1.165) is 57.8 Å². The second-order valence-corrected chi connectivity index (χ2v) is 11.9. The van der Waals surface area contributed by atoms with E-state index >= 15 is 0 Å². The summed E-state index contributed by atoms with van der Waals surface area (Å²) >= 11 is 0. The maximum Gasteiger partial charge on any atom is 1.00 e. The first kappa shape index (κ1) is 32.0. The molecule has 1 aliphatic rings. The van der Waals surface area contributed by atoms with Crippen LogP contribution in [0.5, 0.6) is 0 Å². The van der Waals surface area contributed by atoms with Gasteiger partial charge in [-0.25, -0.2) is 4.98 Å². The average Bonchev–Trinajstić information content (AvgIpc) is 3.54. The van der Waals surface area contributed by atoms with Gasteiger partial charge in [-0.1, -0.05) is 68.0 Å². The summed E-state index contributed by atoms with van der Waals surface area (Å²) in [5, 5.41) is 29.4. The van der Waals surface area contributed by atoms with Gasteiger partial charge in [0.05, 0.1) is 23.3 Å². The van der Waals surface area contributed by atoms with E-state index in [0.29, 0.717) is 30.2 Å². The van der Waals surface area contributed by atoms with Gasteiger partial charge in [0.15, 0.2) is 0 Å². The largest absolute Gasteiger partial charge is 1.00 e. The van der Waals surface area contributed by atoms with Crippen molar-refractivity contribution in [2.75, 3.05) is 0 Å². The number of hydrogen-bond acceptors (Lipinski definition) is 6. The normalized spacial score (nSPS) is 15.8. The minimum Gasteiger partial charge on any atom is -0.330 e. The Morgan fingerprint density at radius 3 is 2.26 bits per heavy atom. The topological polar surface area (TPSA) is 111 Å². The van der Waals surface area contributed by atoms with Crippen molar-refractivity contribution < 1.29 is 34.8 Å². The monoisotopic (exact) mass is 574 g/mol. The Morgan fingerprint density at radius 1 is 0.976 bits per heavy atom. The van der Waals surface area contributed by atoms with E-state index in [1.165, 1.54) is 0 Å². The number of rotatable bonds is 9. The molecule has 0 unspecified atom stereocenters. The van der Waals surface area contributed by atoms with Gasteiger partial charge in [0.25, 0.3) is 5.56 Å². The molecule has 0 saturated heterocycles. The predicted octanol–water partition coefficient (Wildman–Crippen LogP) is 2.11. The quantitative estimate of drug-likeness (QED) is 0.222. The fraction of sp³-hybridized carbons (Fsp3) is 0.406. The molecule has 0 atom stereocenters. The Labute approximate surface area is 269 Å². The zero-order valence-corrected chi connectivity index (χ0v) is 27.7. The third-order valence-corrected chi connectivity index (χ3v) is 8.11. The van der Waals surface area contributed by atoms with Crippen LogP contribution in [0, 0.1) is 6.92 Å². The Kier molecular flexibility index (Phi) is 9.69. The van der Waals surface area contributed by atoms with Crippen molar-refractivity contribution in [1.82, 2.24) is 35.2 Å². The molecule has 0 saturated carbocycles. The van der Waals surface area contributed by atoms with Crippen molar-refractivity contribution in [2.45, 2.75) is 84.8 Å². The van der Waals surface area contributed by atoms with Crippen molar-refractivity contribution in [3.05, 3.63) is 93.2 Å². The van der Waals surface area contributed by atoms with E-state index in [1.807, 2.05) is 65.0 Å². The van der Waals surface area contributed by atoms with E-state index < -0.39 is 11.1 Å². The van der Waals surface area contributed by atoms with Crippen molar-refractivity contribution in [2.24, 2.45) is 0 Å². The number of unbranched alkanes of at least 4 members (excludes halogenated alkanes) is 1. The molecule has 5 rings (SSSR count). The average molecular weight is 575 g/mol. The summed E-state index contributed by atoms with van der Waals surface area (Å²) in [5.74, 6) is 1.16. The van der Waals surface area contributed by atoms with Crippen molar-refractivity contribution in [1.29, 1.82) is 0 Å². The van der Waals surface area contributed by atoms with Gasteiger partial charge >= 0.3 is 29.6 Å². The number of aryl methyl sites for hydroxylation is 2. The fourth-order valence-corrected chi connectivity index (χ4v) is 5.78. The van der Waals surface area contributed by atoms with Crippen LogP contribution >= 0.6 is 0 Å². The number of nitrogens with zero attached hydrogens (tertiary/aromatic N) is 7. The van der Waals surface area contributed by atoms with Crippen LogP contribution in [0.25, 0.3) is 22.5 Å². The molecule has 0 spiro atoms. The van der Waals surface area contributed by atoms with Crippen LogP contribution in [0.2, 0.25) is 0 Å².